The first-order chi connectivity index (χ1) is 8.11. The van der Waals surface area contributed by atoms with Crippen LogP contribution < -0.4 is 10.2 Å². The molecule has 0 unspecified atom stereocenters. The zero-order chi connectivity index (χ0) is 12.3. The number of hydrogen-bond acceptors (Lipinski definition) is 4. The molecule has 1 aliphatic rings. The summed E-state index contributed by atoms with van der Waals surface area (Å²) in [6.45, 7) is 7.60. The molecular weight excluding hydrogens is 212 g/mol. The van der Waals surface area contributed by atoms with Gasteiger partial charge in [-0.25, -0.2) is 4.98 Å². The van der Waals surface area contributed by atoms with E-state index in [-0.39, 0.29) is 0 Å². The third-order valence-corrected chi connectivity index (χ3v) is 3.27. The molecule has 0 spiro atoms. The van der Waals surface area contributed by atoms with E-state index in [9.17, 15) is 0 Å². The Morgan fingerprint density at radius 1 is 1.35 bits per heavy atom. The molecule has 1 aromatic heterocycles. The zero-order valence-electron chi connectivity index (χ0n) is 11.0. The van der Waals surface area contributed by atoms with Crippen LogP contribution in [0, 0.1) is 5.41 Å². The van der Waals surface area contributed by atoms with Crippen LogP contribution >= 0.6 is 0 Å². The van der Waals surface area contributed by atoms with Gasteiger partial charge in [0, 0.05) is 19.6 Å². The second-order valence-electron chi connectivity index (χ2n) is 5.59. The first kappa shape index (κ1) is 12.3. The van der Waals surface area contributed by atoms with Gasteiger partial charge in [0.05, 0.1) is 18.1 Å². The van der Waals surface area contributed by atoms with Gasteiger partial charge in [0.2, 0.25) is 0 Å². The highest BCUT2D eigenvalue weighted by atomic mass is 15.2. The van der Waals surface area contributed by atoms with Crippen LogP contribution in [0.15, 0.2) is 12.4 Å². The number of piperidine rings is 1. The smallest absolute Gasteiger partial charge is 0.147 e. The van der Waals surface area contributed by atoms with Crippen LogP contribution in [0.5, 0.6) is 0 Å². The molecule has 94 valence electrons. The number of rotatable bonds is 3. The minimum absolute atomic E-state index is 0.392. The number of anilines is 1. The molecule has 4 heteroatoms. The van der Waals surface area contributed by atoms with Gasteiger partial charge in [0.25, 0.3) is 0 Å². The molecule has 2 rings (SSSR count). The Labute approximate surface area is 103 Å². The Kier molecular flexibility index (Phi) is 3.62. The van der Waals surface area contributed by atoms with Crippen LogP contribution in [-0.2, 0) is 6.54 Å². The Balaban J connectivity index is 2.06. The lowest BCUT2D eigenvalue weighted by molar-refractivity contribution is 0.292. The largest absolute Gasteiger partial charge is 0.355 e. The van der Waals surface area contributed by atoms with E-state index in [0.717, 1.165) is 31.1 Å². The van der Waals surface area contributed by atoms with Crippen molar-refractivity contribution < 1.29 is 0 Å². The van der Waals surface area contributed by atoms with Gasteiger partial charge in [-0.05, 0) is 25.3 Å². The fraction of sp³-hybridized carbons (Fsp3) is 0.692. The summed E-state index contributed by atoms with van der Waals surface area (Å²) >= 11 is 0. The maximum absolute atomic E-state index is 4.51. The fourth-order valence-electron chi connectivity index (χ4n) is 2.40. The summed E-state index contributed by atoms with van der Waals surface area (Å²) in [4.78, 5) is 11.3. The lowest BCUT2D eigenvalue weighted by atomic mass is 9.84. The standard InChI is InChI=1S/C13H22N4/c1-13(2)5-4-6-17(10-13)12-9-15-11(7-14-3)8-16-12/h8-9,14H,4-7,10H2,1-3H3. The molecule has 0 amide bonds. The summed E-state index contributed by atoms with van der Waals surface area (Å²) < 4.78 is 0. The molecule has 0 aliphatic carbocycles. The molecule has 0 aromatic carbocycles. The quantitative estimate of drug-likeness (QED) is 0.866. The van der Waals surface area contributed by atoms with E-state index in [2.05, 4.69) is 34.0 Å². The SMILES string of the molecule is CNCc1cnc(N2CCCC(C)(C)C2)cn1. The van der Waals surface area contributed by atoms with Crippen molar-refractivity contribution in [3.05, 3.63) is 18.1 Å². The number of nitrogens with zero attached hydrogens (tertiary/aromatic N) is 3. The molecule has 0 bridgehead atoms. The van der Waals surface area contributed by atoms with Gasteiger partial charge in [-0.2, -0.15) is 0 Å². The lowest BCUT2D eigenvalue weighted by Crippen LogP contribution is -2.40. The van der Waals surface area contributed by atoms with E-state index in [1.807, 2.05) is 19.4 Å². The van der Waals surface area contributed by atoms with Gasteiger partial charge in [-0.15, -0.1) is 0 Å². The summed E-state index contributed by atoms with van der Waals surface area (Å²) in [7, 11) is 1.92. The van der Waals surface area contributed by atoms with Gasteiger partial charge in [-0.3, -0.25) is 4.98 Å². The van der Waals surface area contributed by atoms with E-state index < -0.39 is 0 Å². The summed E-state index contributed by atoms with van der Waals surface area (Å²) in [6, 6.07) is 0. The van der Waals surface area contributed by atoms with Crippen LogP contribution in [-0.4, -0.2) is 30.1 Å². The average molecular weight is 234 g/mol. The van der Waals surface area contributed by atoms with Crippen LogP contribution in [0.3, 0.4) is 0 Å². The van der Waals surface area contributed by atoms with Gasteiger partial charge in [0.1, 0.15) is 5.82 Å². The molecule has 1 N–H and O–H groups in total. The van der Waals surface area contributed by atoms with Crippen molar-refractivity contribution in [1.82, 2.24) is 15.3 Å². The van der Waals surface area contributed by atoms with Crippen LogP contribution in [0.1, 0.15) is 32.4 Å². The second kappa shape index (κ2) is 5.00. The van der Waals surface area contributed by atoms with Crippen molar-refractivity contribution >= 4 is 5.82 Å². The fourth-order valence-corrected chi connectivity index (χ4v) is 2.40. The highest BCUT2D eigenvalue weighted by Crippen LogP contribution is 2.30. The summed E-state index contributed by atoms with van der Waals surface area (Å²) in [5, 5.41) is 3.08. The van der Waals surface area contributed by atoms with E-state index in [4.69, 9.17) is 0 Å². The van der Waals surface area contributed by atoms with Crippen molar-refractivity contribution in [3.8, 4) is 0 Å². The normalized spacial score (nSPS) is 19.4. The van der Waals surface area contributed by atoms with E-state index in [1.54, 1.807) is 0 Å². The highest BCUT2D eigenvalue weighted by molar-refractivity contribution is 5.36. The minimum Gasteiger partial charge on any atom is -0.355 e. The van der Waals surface area contributed by atoms with Crippen LogP contribution in [0.25, 0.3) is 0 Å². The van der Waals surface area contributed by atoms with Crippen LogP contribution in [0.2, 0.25) is 0 Å². The molecule has 0 saturated carbocycles. The van der Waals surface area contributed by atoms with Crippen molar-refractivity contribution in [2.24, 2.45) is 5.41 Å². The number of nitrogens with one attached hydrogen (secondary N) is 1. The molecule has 0 radical (unpaired) electrons. The summed E-state index contributed by atoms with van der Waals surface area (Å²) in [5.41, 5.74) is 1.39. The molecule has 1 fully saturated rings. The molecule has 2 heterocycles. The third-order valence-electron chi connectivity index (χ3n) is 3.27. The Morgan fingerprint density at radius 2 is 2.18 bits per heavy atom. The van der Waals surface area contributed by atoms with Crippen LogP contribution in [0.4, 0.5) is 5.82 Å². The maximum atomic E-state index is 4.51. The molecule has 1 aliphatic heterocycles. The first-order valence-electron chi connectivity index (χ1n) is 6.31. The maximum Gasteiger partial charge on any atom is 0.147 e. The number of hydrogen-bond donors (Lipinski definition) is 1. The van der Waals surface area contributed by atoms with Crippen molar-refractivity contribution in [2.75, 3.05) is 25.0 Å². The Hall–Kier alpha value is -1.16. The van der Waals surface area contributed by atoms with Gasteiger partial charge >= 0.3 is 0 Å². The molecule has 17 heavy (non-hydrogen) atoms. The van der Waals surface area contributed by atoms with Crippen molar-refractivity contribution in [2.45, 2.75) is 33.2 Å². The van der Waals surface area contributed by atoms with Crippen molar-refractivity contribution in [1.29, 1.82) is 0 Å². The van der Waals surface area contributed by atoms with Gasteiger partial charge in [-0.1, -0.05) is 13.8 Å². The molecule has 0 atom stereocenters. The van der Waals surface area contributed by atoms with E-state index >= 15 is 0 Å². The monoisotopic (exact) mass is 234 g/mol. The first-order valence-corrected chi connectivity index (χ1v) is 6.31. The molecule has 1 saturated heterocycles. The molecular formula is C13H22N4. The number of aromatic nitrogens is 2. The average Bonchev–Trinajstić information content (AvgIpc) is 2.29. The van der Waals surface area contributed by atoms with Gasteiger partial charge < -0.3 is 10.2 Å². The second-order valence-corrected chi connectivity index (χ2v) is 5.59. The highest BCUT2D eigenvalue weighted by Gasteiger charge is 2.27. The topological polar surface area (TPSA) is 41.1 Å². The summed E-state index contributed by atoms with van der Waals surface area (Å²) in [6.07, 6.45) is 6.31. The lowest BCUT2D eigenvalue weighted by Gasteiger charge is -2.38. The van der Waals surface area contributed by atoms with E-state index in [0.29, 0.717) is 5.41 Å². The Morgan fingerprint density at radius 3 is 2.76 bits per heavy atom. The Bertz CT molecular complexity index is 358. The third kappa shape index (κ3) is 3.16. The molecule has 4 nitrogen and oxygen atoms in total. The summed E-state index contributed by atoms with van der Waals surface area (Å²) in [5.74, 6) is 1.01. The predicted octanol–water partition coefficient (Wildman–Crippen LogP) is 1.82. The van der Waals surface area contributed by atoms with E-state index in [1.165, 1.54) is 12.8 Å². The zero-order valence-corrected chi connectivity index (χ0v) is 11.0. The van der Waals surface area contributed by atoms with Crippen molar-refractivity contribution in [3.63, 3.8) is 0 Å². The van der Waals surface area contributed by atoms with Gasteiger partial charge in [0.15, 0.2) is 0 Å². The predicted molar refractivity (Wildman–Crippen MR) is 70.0 cm³/mol. The molecule has 1 aromatic rings. The minimum atomic E-state index is 0.392.